The van der Waals surface area contributed by atoms with E-state index in [1.165, 1.54) is 6.07 Å². The van der Waals surface area contributed by atoms with Crippen molar-refractivity contribution in [3.05, 3.63) is 84.7 Å². The Morgan fingerprint density at radius 1 is 0.806 bits per heavy atom. The second-order valence-corrected chi connectivity index (χ2v) is 9.44. The molecule has 0 aliphatic heterocycles. The number of fused-ring (bicyclic) bond motifs is 2. The van der Waals surface area contributed by atoms with Crippen LogP contribution in [-0.4, -0.2) is 31.2 Å². The molecule has 0 aliphatic rings. The Kier molecular flexibility index (Phi) is 5.25. The summed E-state index contributed by atoms with van der Waals surface area (Å²) in [5, 5.41) is 13.1. The summed E-state index contributed by atoms with van der Waals surface area (Å²) in [6.45, 7) is 6.10. The van der Waals surface area contributed by atoms with Gasteiger partial charge in [0.25, 0.3) is 0 Å². The molecule has 0 radical (unpaired) electrons. The van der Waals surface area contributed by atoms with Crippen molar-refractivity contribution in [2.24, 2.45) is 0 Å². The number of pyridine rings is 2. The lowest BCUT2D eigenvalue weighted by molar-refractivity contribution is 0.627. The Bertz CT molecular complexity index is 1710. The maximum atomic E-state index is 14.1. The van der Waals surface area contributed by atoms with Gasteiger partial charge in [0.05, 0.1) is 28.6 Å². The van der Waals surface area contributed by atoms with Gasteiger partial charge in [0.15, 0.2) is 0 Å². The van der Waals surface area contributed by atoms with Crippen molar-refractivity contribution in [3.8, 4) is 33.6 Å². The normalized spacial score (nSPS) is 11.6. The third kappa shape index (κ3) is 3.98. The first kappa shape index (κ1) is 22.0. The summed E-state index contributed by atoms with van der Waals surface area (Å²) in [6.07, 6.45) is 7.27. The van der Waals surface area contributed by atoms with Crippen LogP contribution in [0, 0.1) is 12.7 Å². The molecule has 0 saturated carbocycles. The van der Waals surface area contributed by atoms with Crippen LogP contribution in [0.25, 0.3) is 55.4 Å². The predicted molar refractivity (Wildman–Crippen MR) is 143 cm³/mol. The number of halogens is 1. The lowest BCUT2D eigenvalue weighted by Crippen LogP contribution is -2.09. The highest BCUT2D eigenvalue weighted by molar-refractivity contribution is 6.01. The Morgan fingerprint density at radius 3 is 2.50 bits per heavy atom. The Labute approximate surface area is 207 Å². The number of aromatic nitrogens is 5. The van der Waals surface area contributed by atoms with Gasteiger partial charge < -0.3 is 10.3 Å². The van der Waals surface area contributed by atoms with Crippen LogP contribution in [0.3, 0.4) is 0 Å². The van der Waals surface area contributed by atoms with Gasteiger partial charge in [-0.1, -0.05) is 12.1 Å². The molecule has 0 amide bonds. The molecule has 3 N–H and O–H groups in total. The van der Waals surface area contributed by atoms with Crippen LogP contribution in [-0.2, 0) is 0 Å². The first-order valence-electron chi connectivity index (χ1n) is 11.9. The Balaban J connectivity index is 1.45. The fourth-order valence-corrected chi connectivity index (χ4v) is 4.71. The van der Waals surface area contributed by atoms with Crippen LogP contribution in [0.15, 0.2) is 73.3 Å². The fraction of sp³-hybridized carbons (Fsp3) is 0.138. The number of hydrogen-bond acceptors (Lipinski definition) is 4. The summed E-state index contributed by atoms with van der Waals surface area (Å²) in [5.74, 6) is -0.259. The van der Waals surface area contributed by atoms with Gasteiger partial charge >= 0.3 is 0 Å². The summed E-state index contributed by atoms with van der Waals surface area (Å²) in [6, 6.07) is 15.8. The standard InChI is InChI=1S/C29H25FN6/c1-16(2)33-22-9-20(12-31-13-22)18-4-5-26-24(10-18)29(36-35-26)27-11-23-25(14-32-15-28(23)34-27)19-6-17(3)7-21(30)8-19/h4-16,33-34H,1-3H3,(H,35,36). The molecule has 178 valence electrons. The molecule has 6 rings (SSSR count). The monoisotopic (exact) mass is 476 g/mol. The number of aromatic amines is 2. The van der Waals surface area contributed by atoms with Crippen molar-refractivity contribution >= 4 is 27.5 Å². The van der Waals surface area contributed by atoms with E-state index >= 15 is 0 Å². The average Bonchev–Trinajstić information content (AvgIpc) is 3.46. The van der Waals surface area contributed by atoms with Gasteiger partial charge in [0, 0.05) is 46.5 Å². The SMILES string of the molecule is Cc1cc(F)cc(-c2cncc3[nH]c(-c4n[nH]c5ccc(-c6cncc(NC(C)C)c6)cc45)cc23)c1. The summed E-state index contributed by atoms with van der Waals surface area (Å²) >= 11 is 0. The molecule has 0 saturated heterocycles. The van der Waals surface area contributed by atoms with E-state index in [-0.39, 0.29) is 5.82 Å². The van der Waals surface area contributed by atoms with Gasteiger partial charge in [-0.3, -0.25) is 15.1 Å². The molecule has 2 aromatic carbocycles. The number of aryl methyl sites for hydroxylation is 1. The lowest BCUT2D eigenvalue weighted by atomic mass is 10.0. The van der Waals surface area contributed by atoms with E-state index in [2.05, 4.69) is 68.6 Å². The second kappa shape index (κ2) is 8.61. The minimum Gasteiger partial charge on any atom is -0.382 e. The molecule has 0 spiro atoms. The smallest absolute Gasteiger partial charge is 0.124 e. The number of nitrogens with one attached hydrogen (secondary N) is 3. The number of anilines is 1. The predicted octanol–water partition coefficient (Wildman–Crippen LogP) is 7.10. The van der Waals surface area contributed by atoms with Crippen LogP contribution >= 0.6 is 0 Å². The molecule has 0 unspecified atom stereocenters. The highest BCUT2D eigenvalue weighted by atomic mass is 19.1. The highest BCUT2D eigenvalue weighted by Gasteiger charge is 2.15. The van der Waals surface area contributed by atoms with Gasteiger partial charge in [0.2, 0.25) is 0 Å². The summed E-state index contributed by atoms with van der Waals surface area (Å²) in [7, 11) is 0. The van der Waals surface area contributed by atoms with E-state index in [4.69, 9.17) is 0 Å². The zero-order valence-corrected chi connectivity index (χ0v) is 20.2. The molecule has 4 heterocycles. The summed E-state index contributed by atoms with van der Waals surface area (Å²) in [4.78, 5) is 12.3. The molecular formula is C29H25FN6. The second-order valence-electron chi connectivity index (χ2n) is 9.44. The largest absolute Gasteiger partial charge is 0.382 e. The number of hydrogen-bond donors (Lipinski definition) is 3. The van der Waals surface area contributed by atoms with Crippen LogP contribution < -0.4 is 5.32 Å². The molecule has 4 aromatic heterocycles. The number of nitrogens with zero attached hydrogens (tertiary/aromatic N) is 3. The van der Waals surface area contributed by atoms with Crippen molar-refractivity contribution < 1.29 is 4.39 Å². The first-order valence-corrected chi connectivity index (χ1v) is 11.9. The van der Waals surface area contributed by atoms with Crippen molar-refractivity contribution in [3.63, 3.8) is 0 Å². The average molecular weight is 477 g/mol. The van der Waals surface area contributed by atoms with Gasteiger partial charge in [-0.15, -0.1) is 0 Å². The highest BCUT2D eigenvalue weighted by Crippen LogP contribution is 2.35. The molecule has 7 heteroatoms. The minimum atomic E-state index is -0.259. The third-order valence-electron chi connectivity index (χ3n) is 6.24. The van der Waals surface area contributed by atoms with Crippen molar-refractivity contribution in [2.45, 2.75) is 26.8 Å². The molecule has 0 aliphatic carbocycles. The van der Waals surface area contributed by atoms with Gasteiger partial charge in [-0.25, -0.2) is 4.39 Å². The topological polar surface area (TPSA) is 82.3 Å². The third-order valence-corrected chi connectivity index (χ3v) is 6.24. The van der Waals surface area contributed by atoms with Gasteiger partial charge in [-0.2, -0.15) is 5.10 Å². The van der Waals surface area contributed by atoms with E-state index in [1.807, 2.05) is 31.5 Å². The molecule has 0 bridgehead atoms. The first-order chi connectivity index (χ1) is 17.4. The molecule has 0 atom stereocenters. The van der Waals surface area contributed by atoms with E-state index in [9.17, 15) is 4.39 Å². The maximum absolute atomic E-state index is 14.1. The van der Waals surface area contributed by atoms with Crippen molar-refractivity contribution in [2.75, 3.05) is 5.32 Å². The molecule has 0 fully saturated rings. The molecule has 6 aromatic rings. The number of rotatable bonds is 5. The van der Waals surface area contributed by atoms with Crippen LogP contribution in [0.2, 0.25) is 0 Å². The molecule has 6 nitrogen and oxygen atoms in total. The maximum Gasteiger partial charge on any atom is 0.124 e. The van der Waals surface area contributed by atoms with Gasteiger partial charge in [-0.05, 0) is 73.9 Å². The summed E-state index contributed by atoms with van der Waals surface area (Å²) in [5.41, 5.74) is 9.09. The number of benzene rings is 2. The van der Waals surface area contributed by atoms with Crippen molar-refractivity contribution in [1.82, 2.24) is 25.1 Å². The zero-order valence-electron chi connectivity index (χ0n) is 20.2. The lowest BCUT2D eigenvalue weighted by Gasteiger charge is -2.11. The quantitative estimate of drug-likeness (QED) is 0.248. The fourth-order valence-electron chi connectivity index (χ4n) is 4.71. The van der Waals surface area contributed by atoms with Crippen LogP contribution in [0.1, 0.15) is 19.4 Å². The Hall–Kier alpha value is -4.52. The summed E-state index contributed by atoms with van der Waals surface area (Å²) < 4.78 is 14.1. The van der Waals surface area contributed by atoms with Crippen LogP contribution in [0.5, 0.6) is 0 Å². The Morgan fingerprint density at radius 2 is 1.67 bits per heavy atom. The molecule has 36 heavy (non-hydrogen) atoms. The number of H-pyrrole nitrogens is 2. The van der Waals surface area contributed by atoms with E-state index in [0.29, 0.717) is 6.04 Å². The van der Waals surface area contributed by atoms with Gasteiger partial charge in [0.1, 0.15) is 11.5 Å². The zero-order chi connectivity index (χ0) is 24.8. The van der Waals surface area contributed by atoms with E-state index < -0.39 is 0 Å². The van der Waals surface area contributed by atoms with Crippen LogP contribution in [0.4, 0.5) is 10.1 Å². The minimum absolute atomic E-state index is 0.259. The van der Waals surface area contributed by atoms with E-state index in [1.54, 1.807) is 18.5 Å². The van der Waals surface area contributed by atoms with Crippen molar-refractivity contribution in [1.29, 1.82) is 0 Å². The molecular weight excluding hydrogens is 451 g/mol. The van der Waals surface area contributed by atoms with E-state index in [0.717, 1.165) is 66.7 Å².